The highest BCUT2D eigenvalue weighted by Gasteiger charge is 2.33. The molecule has 0 aromatic rings. The lowest BCUT2D eigenvalue weighted by atomic mass is 10.2. The maximum Gasteiger partial charge on any atom is 0.312 e. The maximum atomic E-state index is 11.6. The molecule has 1 heterocycles. The zero-order chi connectivity index (χ0) is 12.3. The summed E-state index contributed by atoms with van der Waals surface area (Å²) in [6.45, 7) is 4.30. The third-order valence-electron chi connectivity index (χ3n) is 2.37. The number of β-amino-alcohol motifs (C(OH)–C–C–N with tert-alkyl or cyclic N) is 2. The van der Waals surface area contributed by atoms with E-state index >= 15 is 0 Å². The molecule has 0 aromatic carbocycles. The van der Waals surface area contributed by atoms with Gasteiger partial charge in [-0.1, -0.05) is 0 Å². The number of amides is 2. The van der Waals surface area contributed by atoms with Crippen LogP contribution in [0.25, 0.3) is 0 Å². The number of nitrogens with zero attached hydrogens (tertiary/aromatic N) is 2. The summed E-state index contributed by atoms with van der Waals surface area (Å²) in [5.41, 5.74) is 0. The second-order valence-corrected chi connectivity index (χ2v) is 4.20. The number of hydrogen-bond donors (Lipinski definition) is 2. The molecular formula is C10H18N2O4. The summed E-state index contributed by atoms with van der Waals surface area (Å²) in [5, 5.41) is 18.3. The van der Waals surface area contributed by atoms with E-state index in [1.165, 1.54) is 9.80 Å². The predicted molar refractivity (Wildman–Crippen MR) is 56.5 cm³/mol. The summed E-state index contributed by atoms with van der Waals surface area (Å²) in [6, 6.07) is 0. The minimum atomic E-state index is -0.639. The molecule has 0 saturated carbocycles. The molecule has 2 unspecified atom stereocenters. The van der Waals surface area contributed by atoms with Crippen molar-refractivity contribution in [2.45, 2.75) is 26.1 Å². The van der Waals surface area contributed by atoms with E-state index in [0.717, 1.165) is 0 Å². The molecule has 6 nitrogen and oxygen atoms in total. The lowest BCUT2D eigenvalue weighted by Crippen LogP contribution is -2.56. The monoisotopic (exact) mass is 230 g/mol. The SMILES string of the molecule is CC(O)CN1CCN(CC(C)O)C(=O)C1=O. The van der Waals surface area contributed by atoms with Gasteiger partial charge >= 0.3 is 11.8 Å². The molecule has 6 heteroatoms. The quantitative estimate of drug-likeness (QED) is 0.571. The first-order chi connectivity index (χ1) is 7.41. The standard InChI is InChI=1S/C10H18N2O4/c1-7(13)5-11-3-4-12(6-8(2)14)10(16)9(11)15/h7-8,13-14H,3-6H2,1-2H3. The van der Waals surface area contributed by atoms with Gasteiger partial charge < -0.3 is 20.0 Å². The normalized spacial score (nSPS) is 21.2. The number of carbonyl (C=O) groups excluding carboxylic acids is 2. The molecule has 92 valence electrons. The Balaban J connectivity index is 2.58. The van der Waals surface area contributed by atoms with Gasteiger partial charge in [-0.05, 0) is 13.8 Å². The number of aliphatic hydroxyl groups is 2. The number of piperazine rings is 1. The van der Waals surface area contributed by atoms with Crippen molar-refractivity contribution < 1.29 is 19.8 Å². The molecule has 1 aliphatic heterocycles. The van der Waals surface area contributed by atoms with Gasteiger partial charge in [-0.15, -0.1) is 0 Å². The zero-order valence-electron chi connectivity index (χ0n) is 9.59. The van der Waals surface area contributed by atoms with Gasteiger partial charge in [-0.3, -0.25) is 9.59 Å². The first-order valence-electron chi connectivity index (χ1n) is 5.36. The van der Waals surface area contributed by atoms with Gasteiger partial charge in [-0.25, -0.2) is 0 Å². The third kappa shape index (κ3) is 3.18. The van der Waals surface area contributed by atoms with E-state index in [9.17, 15) is 9.59 Å². The van der Waals surface area contributed by atoms with Crippen LogP contribution in [-0.2, 0) is 9.59 Å². The van der Waals surface area contributed by atoms with Gasteiger partial charge in [0.2, 0.25) is 0 Å². The van der Waals surface area contributed by atoms with E-state index in [1.54, 1.807) is 13.8 Å². The molecule has 1 saturated heterocycles. The van der Waals surface area contributed by atoms with E-state index in [2.05, 4.69) is 0 Å². The van der Waals surface area contributed by atoms with Gasteiger partial charge in [0.15, 0.2) is 0 Å². The molecule has 0 aromatic heterocycles. The summed E-state index contributed by atoms with van der Waals surface area (Å²) < 4.78 is 0. The van der Waals surface area contributed by atoms with E-state index < -0.39 is 24.0 Å². The van der Waals surface area contributed by atoms with Crippen LogP contribution in [0.1, 0.15) is 13.8 Å². The second-order valence-electron chi connectivity index (χ2n) is 4.20. The Labute approximate surface area is 94.4 Å². The zero-order valence-corrected chi connectivity index (χ0v) is 9.59. The van der Waals surface area contributed by atoms with Crippen LogP contribution in [0.5, 0.6) is 0 Å². The summed E-state index contributed by atoms with van der Waals surface area (Å²) in [7, 11) is 0. The van der Waals surface area contributed by atoms with Crippen LogP contribution in [-0.4, -0.2) is 70.2 Å². The molecule has 2 atom stereocenters. The van der Waals surface area contributed by atoms with E-state index in [4.69, 9.17) is 10.2 Å². The first kappa shape index (κ1) is 12.9. The van der Waals surface area contributed by atoms with Crippen LogP contribution in [0.3, 0.4) is 0 Å². The van der Waals surface area contributed by atoms with Gasteiger partial charge in [0.25, 0.3) is 0 Å². The second kappa shape index (κ2) is 5.27. The topological polar surface area (TPSA) is 81.1 Å². The number of carbonyl (C=O) groups is 2. The maximum absolute atomic E-state index is 11.6. The molecule has 0 spiro atoms. The van der Waals surface area contributed by atoms with Crippen molar-refractivity contribution >= 4 is 11.8 Å². The molecule has 2 N–H and O–H groups in total. The van der Waals surface area contributed by atoms with Crippen LogP contribution in [0.2, 0.25) is 0 Å². The van der Waals surface area contributed by atoms with Crippen molar-refractivity contribution in [3.8, 4) is 0 Å². The Morgan fingerprint density at radius 2 is 1.31 bits per heavy atom. The minimum absolute atomic E-state index is 0.174. The van der Waals surface area contributed by atoms with E-state index in [0.29, 0.717) is 13.1 Å². The van der Waals surface area contributed by atoms with Crippen LogP contribution >= 0.6 is 0 Å². The average molecular weight is 230 g/mol. The Hall–Kier alpha value is -1.14. The van der Waals surface area contributed by atoms with Crippen LogP contribution in [0.4, 0.5) is 0 Å². The van der Waals surface area contributed by atoms with Crippen molar-refractivity contribution in [3.63, 3.8) is 0 Å². The molecular weight excluding hydrogens is 212 g/mol. The van der Waals surface area contributed by atoms with Gasteiger partial charge in [-0.2, -0.15) is 0 Å². The largest absolute Gasteiger partial charge is 0.392 e. The van der Waals surface area contributed by atoms with Crippen LogP contribution < -0.4 is 0 Å². The minimum Gasteiger partial charge on any atom is -0.392 e. The summed E-state index contributed by atoms with van der Waals surface area (Å²) in [4.78, 5) is 25.9. The molecule has 1 aliphatic rings. The number of rotatable bonds is 4. The molecule has 1 rings (SSSR count). The lowest BCUT2D eigenvalue weighted by Gasteiger charge is -2.34. The highest BCUT2D eigenvalue weighted by Crippen LogP contribution is 2.06. The van der Waals surface area contributed by atoms with Crippen molar-refractivity contribution in [3.05, 3.63) is 0 Å². The van der Waals surface area contributed by atoms with Crippen molar-refractivity contribution in [2.24, 2.45) is 0 Å². The smallest absolute Gasteiger partial charge is 0.312 e. The lowest BCUT2D eigenvalue weighted by molar-refractivity contribution is -0.157. The molecule has 1 fully saturated rings. The van der Waals surface area contributed by atoms with E-state index in [-0.39, 0.29) is 13.1 Å². The molecule has 2 amide bonds. The molecule has 0 bridgehead atoms. The fraction of sp³-hybridized carbons (Fsp3) is 0.800. The number of hydrogen-bond acceptors (Lipinski definition) is 4. The fourth-order valence-electron chi connectivity index (χ4n) is 1.70. The summed E-state index contributed by atoms with van der Waals surface area (Å²) in [5.74, 6) is -1.21. The van der Waals surface area contributed by atoms with Crippen LogP contribution in [0, 0.1) is 0 Å². The predicted octanol–water partition coefficient (Wildman–Crippen LogP) is -1.58. The highest BCUT2D eigenvalue weighted by atomic mass is 16.3. The van der Waals surface area contributed by atoms with Crippen LogP contribution in [0.15, 0.2) is 0 Å². The van der Waals surface area contributed by atoms with Crippen molar-refractivity contribution in [2.75, 3.05) is 26.2 Å². The van der Waals surface area contributed by atoms with Gasteiger partial charge in [0.1, 0.15) is 0 Å². The Bertz CT molecular complexity index is 250. The van der Waals surface area contributed by atoms with Crippen molar-refractivity contribution in [1.82, 2.24) is 9.80 Å². The number of aliphatic hydroxyl groups excluding tert-OH is 2. The summed E-state index contributed by atoms with van der Waals surface area (Å²) >= 11 is 0. The fourth-order valence-corrected chi connectivity index (χ4v) is 1.70. The van der Waals surface area contributed by atoms with Gasteiger partial charge in [0.05, 0.1) is 12.2 Å². The van der Waals surface area contributed by atoms with Gasteiger partial charge in [0, 0.05) is 26.2 Å². The first-order valence-corrected chi connectivity index (χ1v) is 5.36. The van der Waals surface area contributed by atoms with E-state index in [1.807, 2.05) is 0 Å². The van der Waals surface area contributed by atoms with Crippen molar-refractivity contribution in [1.29, 1.82) is 0 Å². The Kier molecular flexibility index (Phi) is 4.26. The molecule has 0 radical (unpaired) electrons. The highest BCUT2D eigenvalue weighted by molar-refractivity contribution is 6.35. The third-order valence-corrected chi connectivity index (χ3v) is 2.37. The molecule has 16 heavy (non-hydrogen) atoms. The summed E-state index contributed by atoms with van der Waals surface area (Å²) in [6.07, 6.45) is -1.28. The molecule has 0 aliphatic carbocycles. The Morgan fingerprint density at radius 3 is 1.56 bits per heavy atom. The average Bonchev–Trinajstić information content (AvgIpc) is 2.16. The Morgan fingerprint density at radius 1 is 1.00 bits per heavy atom.